The highest BCUT2D eigenvalue weighted by molar-refractivity contribution is 5.80. The van der Waals surface area contributed by atoms with Crippen LogP contribution in [0.2, 0.25) is 0 Å². The molecule has 1 fully saturated rings. The number of rotatable bonds is 4. The first-order valence-corrected chi connectivity index (χ1v) is 7.45. The SMILES string of the molecule is O=C(NCc1cc2ccccc2[nH]1)NCC1(O)CCCC1. The van der Waals surface area contributed by atoms with E-state index in [0.717, 1.165) is 42.3 Å². The summed E-state index contributed by atoms with van der Waals surface area (Å²) in [4.78, 5) is 15.0. The molecule has 5 heteroatoms. The number of fused-ring (bicyclic) bond motifs is 1. The second kappa shape index (κ2) is 5.77. The van der Waals surface area contributed by atoms with E-state index >= 15 is 0 Å². The van der Waals surface area contributed by atoms with Crippen LogP contribution in [0.1, 0.15) is 31.4 Å². The van der Waals surface area contributed by atoms with Crippen LogP contribution >= 0.6 is 0 Å². The van der Waals surface area contributed by atoms with Gasteiger partial charge < -0.3 is 20.7 Å². The number of nitrogens with one attached hydrogen (secondary N) is 3. The van der Waals surface area contributed by atoms with Gasteiger partial charge in [0.2, 0.25) is 0 Å². The summed E-state index contributed by atoms with van der Waals surface area (Å²) >= 11 is 0. The number of hydrogen-bond acceptors (Lipinski definition) is 2. The molecule has 2 amide bonds. The zero-order chi connectivity index (χ0) is 14.7. The molecule has 112 valence electrons. The van der Waals surface area contributed by atoms with Gasteiger partial charge in [-0.3, -0.25) is 0 Å². The summed E-state index contributed by atoms with van der Waals surface area (Å²) in [5, 5.41) is 16.9. The van der Waals surface area contributed by atoms with Crippen LogP contribution in [-0.2, 0) is 6.54 Å². The lowest BCUT2D eigenvalue weighted by Gasteiger charge is -2.22. The summed E-state index contributed by atoms with van der Waals surface area (Å²) in [6.45, 7) is 0.768. The summed E-state index contributed by atoms with van der Waals surface area (Å²) in [6, 6.07) is 9.79. The van der Waals surface area contributed by atoms with E-state index in [9.17, 15) is 9.90 Å². The Bertz CT molecular complexity index is 596. The Hall–Kier alpha value is -2.01. The van der Waals surface area contributed by atoms with Gasteiger partial charge in [0.25, 0.3) is 0 Å². The predicted molar refractivity (Wildman–Crippen MR) is 82.0 cm³/mol. The topological polar surface area (TPSA) is 77.2 Å². The Balaban J connectivity index is 1.49. The normalized spacial score (nSPS) is 17.0. The molecule has 0 bridgehead atoms. The van der Waals surface area contributed by atoms with Gasteiger partial charge in [-0.2, -0.15) is 0 Å². The molecular weight excluding hydrogens is 266 g/mol. The summed E-state index contributed by atoms with van der Waals surface area (Å²) in [7, 11) is 0. The monoisotopic (exact) mass is 287 g/mol. The molecule has 2 aromatic rings. The summed E-state index contributed by atoms with van der Waals surface area (Å²) in [5.74, 6) is 0. The zero-order valence-electron chi connectivity index (χ0n) is 12.0. The van der Waals surface area contributed by atoms with Crippen molar-refractivity contribution in [2.45, 2.75) is 37.8 Å². The fourth-order valence-corrected chi connectivity index (χ4v) is 2.92. The lowest BCUT2D eigenvalue weighted by molar-refractivity contribution is 0.0501. The maximum atomic E-state index is 11.8. The van der Waals surface area contributed by atoms with Gasteiger partial charge in [-0.25, -0.2) is 4.79 Å². The van der Waals surface area contributed by atoms with Gasteiger partial charge in [-0.05, 0) is 30.4 Å². The van der Waals surface area contributed by atoms with Gasteiger partial charge in [0.05, 0.1) is 12.1 Å². The number of hydrogen-bond donors (Lipinski definition) is 4. The Morgan fingerprint density at radius 2 is 2.00 bits per heavy atom. The summed E-state index contributed by atoms with van der Waals surface area (Å²) < 4.78 is 0. The molecular formula is C16H21N3O2. The maximum Gasteiger partial charge on any atom is 0.315 e. The van der Waals surface area contributed by atoms with Gasteiger partial charge in [-0.1, -0.05) is 31.0 Å². The van der Waals surface area contributed by atoms with Crippen molar-refractivity contribution in [3.8, 4) is 0 Å². The van der Waals surface area contributed by atoms with E-state index in [2.05, 4.69) is 15.6 Å². The van der Waals surface area contributed by atoms with Gasteiger partial charge >= 0.3 is 6.03 Å². The fraction of sp³-hybridized carbons (Fsp3) is 0.438. The first-order valence-electron chi connectivity index (χ1n) is 7.45. The van der Waals surface area contributed by atoms with Crippen molar-refractivity contribution in [3.05, 3.63) is 36.0 Å². The van der Waals surface area contributed by atoms with Crippen molar-refractivity contribution in [2.75, 3.05) is 6.54 Å². The Morgan fingerprint density at radius 3 is 2.76 bits per heavy atom. The smallest absolute Gasteiger partial charge is 0.315 e. The van der Waals surface area contributed by atoms with Gasteiger partial charge in [0.1, 0.15) is 0 Å². The highest BCUT2D eigenvalue weighted by Gasteiger charge is 2.31. The number of aromatic nitrogens is 1. The lowest BCUT2D eigenvalue weighted by atomic mass is 10.0. The molecule has 4 N–H and O–H groups in total. The average molecular weight is 287 g/mol. The van der Waals surface area contributed by atoms with Crippen molar-refractivity contribution in [1.82, 2.24) is 15.6 Å². The molecule has 0 unspecified atom stereocenters. The minimum absolute atomic E-state index is 0.242. The molecule has 21 heavy (non-hydrogen) atoms. The molecule has 1 aliphatic carbocycles. The number of benzene rings is 1. The van der Waals surface area contributed by atoms with Crippen LogP contribution in [0.5, 0.6) is 0 Å². The number of para-hydroxylation sites is 1. The molecule has 5 nitrogen and oxygen atoms in total. The lowest BCUT2D eigenvalue weighted by Crippen LogP contribution is -2.44. The van der Waals surface area contributed by atoms with Crippen molar-refractivity contribution in [2.24, 2.45) is 0 Å². The highest BCUT2D eigenvalue weighted by atomic mass is 16.3. The van der Waals surface area contributed by atoms with Gasteiger partial charge in [-0.15, -0.1) is 0 Å². The molecule has 0 spiro atoms. The second-order valence-corrected chi connectivity index (χ2v) is 5.85. The van der Waals surface area contributed by atoms with Crippen LogP contribution in [0, 0.1) is 0 Å². The van der Waals surface area contributed by atoms with Gasteiger partial charge in [0, 0.05) is 17.8 Å². The molecule has 1 aromatic heterocycles. The van der Waals surface area contributed by atoms with Gasteiger partial charge in [0.15, 0.2) is 0 Å². The molecule has 1 aliphatic rings. The van der Waals surface area contributed by atoms with Crippen molar-refractivity contribution in [1.29, 1.82) is 0 Å². The zero-order valence-corrected chi connectivity index (χ0v) is 12.0. The number of H-pyrrole nitrogens is 1. The molecule has 1 saturated carbocycles. The van der Waals surface area contributed by atoms with E-state index in [1.165, 1.54) is 0 Å². The molecule has 0 atom stereocenters. The summed E-state index contributed by atoms with van der Waals surface area (Å²) in [5.41, 5.74) is 1.32. The largest absolute Gasteiger partial charge is 0.388 e. The molecule has 0 saturated heterocycles. The Kier molecular flexibility index (Phi) is 3.84. The van der Waals surface area contributed by atoms with E-state index < -0.39 is 5.60 Å². The Labute approximate surface area is 123 Å². The number of urea groups is 1. The second-order valence-electron chi connectivity index (χ2n) is 5.85. The van der Waals surface area contributed by atoms with E-state index in [0.29, 0.717) is 13.1 Å². The van der Waals surface area contributed by atoms with Crippen LogP contribution in [0.15, 0.2) is 30.3 Å². The summed E-state index contributed by atoms with van der Waals surface area (Å²) in [6.07, 6.45) is 3.62. The standard InChI is InChI=1S/C16H21N3O2/c20-15(18-11-16(21)7-3-4-8-16)17-10-13-9-12-5-1-2-6-14(12)19-13/h1-2,5-6,9,19,21H,3-4,7-8,10-11H2,(H2,17,18,20). The first kappa shape index (κ1) is 13.9. The van der Waals surface area contributed by atoms with Crippen molar-refractivity contribution in [3.63, 3.8) is 0 Å². The fourth-order valence-electron chi connectivity index (χ4n) is 2.92. The van der Waals surface area contributed by atoms with E-state index in [1.807, 2.05) is 30.3 Å². The number of aliphatic hydroxyl groups is 1. The van der Waals surface area contributed by atoms with Crippen LogP contribution < -0.4 is 10.6 Å². The molecule has 3 rings (SSSR count). The highest BCUT2D eigenvalue weighted by Crippen LogP contribution is 2.28. The molecule has 0 radical (unpaired) electrons. The van der Waals surface area contributed by atoms with Crippen LogP contribution in [0.4, 0.5) is 4.79 Å². The Morgan fingerprint density at radius 1 is 1.24 bits per heavy atom. The predicted octanol–water partition coefficient (Wildman–Crippen LogP) is 2.27. The van der Waals surface area contributed by atoms with Crippen molar-refractivity contribution < 1.29 is 9.90 Å². The average Bonchev–Trinajstić information content (AvgIpc) is 3.09. The van der Waals surface area contributed by atoms with E-state index in [4.69, 9.17) is 0 Å². The number of aromatic amines is 1. The van der Waals surface area contributed by atoms with Crippen LogP contribution in [0.25, 0.3) is 10.9 Å². The molecule has 1 heterocycles. The third-order valence-corrected chi connectivity index (χ3v) is 4.14. The minimum atomic E-state index is -0.710. The third kappa shape index (κ3) is 3.36. The number of carbonyl (C=O) groups excluding carboxylic acids is 1. The molecule has 1 aromatic carbocycles. The van der Waals surface area contributed by atoms with Crippen LogP contribution in [0.3, 0.4) is 0 Å². The molecule has 0 aliphatic heterocycles. The van der Waals surface area contributed by atoms with Crippen LogP contribution in [-0.4, -0.2) is 28.3 Å². The van der Waals surface area contributed by atoms with E-state index in [1.54, 1.807) is 0 Å². The number of carbonyl (C=O) groups is 1. The number of amides is 2. The van der Waals surface area contributed by atoms with Crippen molar-refractivity contribution >= 4 is 16.9 Å². The quantitative estimate of drug-likeness (QED) is 0.696. The minimum Gasteiger partial charge on any atom is -0.388 e. The third-order valence-electron chi connectivity index (χ3n) is 4.14. The maximum absolute atomic E-state index is 11.8. The first-order chi connectivity index (χ1) is 10.1. The van der Waals surface area contributed by atoms with E-state index in [-0.39, 0.29) is 6.03 Å².